The minimum absolute atomic E-state index is 0.257. The van der Waals surface area contributed by atoms with Gasteiger partial charge in [0.15, 0.2) is 0 Å². The lowest BCUT2D eigenvalue weighted by Crippen LogP contribution is -2.43. The number of carbonyl (C=O) groups is 1. The van der Waals surface area contributed by atoms with E-state index in [0.29, 0.717) is 5.82 Å². The zero-order valence-corrected chi connectivity index (χ0v) is 14.9. The van der Waals surface area contributed by atoms with Gasteiger partial charge in [0, 0.05) is 18.0 Å². The van der Waals surface area contributed by atoms with E-state index in [-0.39, 0.29) is 12.1 Å². The van der Waals surface area contributed by atoms with Crippen molar-refractivity contribution in [1.29, 1.82) is 0 Å². The molecule has 4 aromatic rings. The molecule has 2 aromatic heterocycles. The first-order valence-electron chi connectivity index (χ1n) is 9.02. The number of H-pyrrole nitrogens is 1. The van der Waals surface area contributed by atoms with Crippen LogP contribution in [0.25, 0.3) is 22.3 Å². The molecule has 0 saturated heterocycles. The molecule has 0 saturated carbocycles. The molecule has 0 unspecified atom stereocenters. The molecule has 28 heavy (non-hydrogen) atoms. The van der Waals surface area contributed by atoms with Gasteiger partial charge in [0.1, 0.15) is 5.82 Å². The molecule has 0 radical (unpaired) electrons. The number of hydrogen-bond donors (Lipinski definition) is 3. The summed E-state index contributed by atoms with van der Waals surface area (Å²) < 4.78 is 0. The van der Waals surface area contributed by atoms with Gasteiger partial charge in [-0.05, 0) is 29.3 Å². The monoisotopic (exact) mass is 367 g/mol. The van der Waals surface area contributed by atoms with Gasteiger partial charge in [-0.1, -0.05) is 48.5 Å². The third-order valence-corrected chi connectivity index (χ3v) is 4.80. The second kappa shape index (κ2) is 6.66. The van der Waals surface area contributed by atoms with E-state index in [1.807, 2.05) is 66.7 Å². The van der Waals surface area contributed by atoms with Gasteiger partial charge in [-0.25, -0.2) is 9.78 Å². The average Bonchev–Trinajstić information content (AvgIpc) is 3.18. The molecule has 0 spiro atoms. The summed E-state index contributed by atoms with van der Waals surface area (Å²) in [5.41, 5.74) is 5.23. The number of nitrogens with one attached hydrogen (secondary N) is 3. The Kier molecular flexibility index (Phi) is 3.87. The second-order valence-corrected chi connectivity index (χ2v) is 6.58. The summed E-state index contributed by atoms with van der Waals surface area (Å²) >= 11 is 0. The first-order chi connectivity index (χ1) is 13.8. The highest BCUT2D eigenvalue weighted by atomic mass is 16.2. The zero-order valence-electron chi connectivity index (χ0n) is 14.9. The highest BCUT2D eigenvalue weighted by Gasteiger charge is 2.31. The maximum absolute atomic E-state index is 12.5. The minimum atomic E-state index is -0.377. The van der Waals surface area contributed by atoms with Crippen molar-refractivity contribution in [3.05, 3.63) is 96.1 Å². The molecule has 2 amide bonds. The first-order valence-corrected chi connectivity index (χ1v) is 9.02. The number of imidazole rings is 1. The van der Waals surface area contributed by atoms with Crippen LogP contribution in [0.15, 0.2) is 79.1 Å². The van der Waals surface area contributed by atoms with Gasteiger partial charge in [0.25, 0.3) is 0 Å². The molecular weight excluding hydrogens is 350 g/mol. The van der Waals surface area contributed by atoms with Crippen LogP contribution in [0.4, 0.5) is 4.79 Å². The number of benzene rings is 2. The Morgan fingerprint density at radius 2 is 1.71 bits per heavy atom. The van der Waals surface area contributed by atoms with Crippen molar-refractivity contribution >= 4 is 28.3 Å². The maximum atomic E-state index is 12.5. The normalized spacial score (nSPS) is 16.7. The number of aromatic amines is 1. The summed E-state index contributed by atoms with van der Waals surface area (Å²) in [5, 5.41) is 5.99. The van der Waals surface area contributed by atoms with Gasteiger partial charge < -0.3 is 15.6 Å². The summed E-state index contributed by atoms with van der Waals surface area (Å²) in [7, 11) is 0. The fraction of sp³-hybridized carbons (Fsp3) is 0.0455. The average molecular weight is 367 g/mol. The van der Waals surface area contributed by atoms with E-state index in [1.165, 1.54) is 0 Å². The molecule has 3 N–H and O–H groups in total. The number of fused-ring (bicyclic) bond motifs is 1. The lowest BCUT2D eigenvalue weighted by Gasteiger charge is -2.29. The number of hydrogen-bond acceptors (Lipinski definition) is 3. The molecule has 1 aliphatic rings. The van der Waals surface area contributed by atoms with Gasteiger partial charge in [-0.3, -0.25) is 4.98 Å². The van der Waals surface area contributed by atoms with Crippen LogP contribution in [-0.2, 0) is 0 Å². The minimum Gasteiger partial charge on any atom is -0.338 e. The number of nitrogens with zero attached hydrogens (tertiary/aromatic N) is 2. The maximum Gasteiger partial charge on any atom is 0.320 e. The summed E-state index contributed by atoms with van der Waals surface area (Å²) in [6.07, 6.45) is 3.48. The molecule has 2 aromatic carbocycles. The molecule has 6 nitrogen and oxygen atoms in total. The molecule has 6 heteroatoms. The van der Waals surface area contributed by atoms with Crippen LogP contribution in [0.1, 0.15) is 23.0 Å². The van der Waals surface area contributed by atoms with Crippen LogP contribution in [0, 0.1) is 0 Å². The molecule has 5 rings (SSSR count). The summed E-state index contributed by atoms with van der Waals surface area (Å²) in [4.78, 5) is 24.9. The largest absolute Gasteiger partial charge is 0.338 e. The topological polar surface area (TPSA) is 82.7 Å². The SMILES string of the molecule is O=C1NC(c2ccccc2)=C(c2nc3ccccc3[nH]2)[C@@H](c2cccnc2)N1. The van der Waals surface area contributed by atoms with Crippen LogP contribution in [0.3, 0.4) is 0 Å². The fourth-order valence-electron chi connectivity index (χ4n) is 3.53. The van der Waals surface area contributed by atoms with Crippen molar-refractivity contribution in [3.8, 4) is 0 Å². The van der Waals surface area contributed by atoms with Crippen LogP contribution < -0.4 is 10.6 Å². The van der Waals surface area contributed by atoms with Crippen molar-refractivity contribution in [2.75, 3.05) is 0 Å². The van der Waals surface area contributed by atoms with Crippen molar-refractivity contribution in [3.63, 3.8) is 0 Å². The molecule has 0 fully saturated rings. The Bertz CT molecular complexity index is 1150. The second-order valence-electron chi connectivity index (χ2n) is 6.58. The third-order valence-electron chi connectivity index (χ3n) is 4.80. The Morgan fingerprint density at radius 1 is 0.893 bits per heavy atom. The summed E-state index contributed by atoms with van der Waals surface area (Å²) in [6, 6.07) is 20.9. The van der Waals surface area contributed by atoms with Gasteiger partial charge in [-0.15, -0.1) is 0 Å². The Labute approximate surface area is 161 Å². The highest BCUT2D eigenvalue weighted by molar-refractivity contribution is 6.02. The summed E-state index contributed by atoms with van der Waals surface area (Å²) in [5.74, 6) is 0.710. The smallest absolute Gasteiger partial charge is 0.320 e. The van der Waals surface area contributed by atoms with Crippen LogP contribution in [-0.4, -0.2) is 21.0 Å². The molecule has 0 bridgehead atoms. The molecule has 3 heterocycles. The Hall–Kier alpha value is -3.93. The number of amides is 2. The fourth-order valence-corrected chi connectivity index (χ4v) is 3.53. The Balaban J connectivity index is 1.78. The predicted molar refractivity (Wildman–Crippen MR) is 108 cm³/mol. The van der Waals surface area contributed by atoms with Crippen molar-refractivity contribution in [1.82, 2.24) is 25.6 Å². The Morgan fingerprint density at radius 3 is 2.50 bits per heavy atom. The van der Waals surface area contributed by atoms with Gasteiger partial charge in [0.05, 0.1) is 22.8 Å². The predicted octanol–water partition coefficient (Wildman–Crippen LogP) is 3.88. The standard InChI is InChI=1S/C22H17N5O/c28-22-26-19(14-7-2-1-3-8-14)18(20(27-22)15-9-6-12-23-13-15)21-24-16-10-4-5-11-17(16)25-21/h1-13,20H,(H,24,25)(H2,26,27,28)/t20-/m1/s1. The molecular formula is C22H17N5O. The van der Waals surface area contributed by atoms with Crippen molar-refractivity contribution < 1.29 is 4.79 Å². The van der Waals surface area contributed by atoms with Crippen LogP contribution in [0.2, 0.25) is 0 Å². The van der Waals surface area contributed by atoms with E-state index >= 15 is 0 Å². The van der Waals surface area contributed by atoms with E-state index in [9.17, 15) is 4.79 Å². The lowest BCUT2D eigenvalue weighted by molar-refractivity contribution is 0.242. The van der Waals surface area contributed by atoms with Crippen LogP contribution >= 0.6 is 0 Å². The first kappa shape index (κ1) is 16.3. The molecule has 136 valence electrons. The number of aromatic nitrogens is 3. The van der Waals surface area contributed by atoms with E-state index in [2.05, 4.69) is 20.6 Å². The number of urea groups is 1. The van der Waals surface area contributed by atoms with E-state index in [0.717, 1.165) is 33.4 Å². The molecule has 1 atom stereocenters. The number of carbonyl (C=O) groups excluding carboxylic acids is 1. The summed E-state index contributed by atoms with van der Waals surface area (Å²) in [6.45, 7) is 0. The van der Waals surface area contributed by atoms with Gasteiger partial charge >= 0.3 is 6.03 Å². The van der Waals surface area contributed by atoms with Gasteiger partial charge in [-0.2, -0.15) is 0 Å². The molecule has 0 aliphatic carbocycles. The number of pyridine rings is 1. The quantitative estimate of drug-likeness (QED) is 0.514. The number of para-hydroxylation sites is 2. The highest BCUT2D eigenvalue weighted by Crippen LogP contribution is 2.37. The van der Waals surface area contributed by atoms with Crippen LogP contribution in [0.5, 0.6) is 0 Å². The van der Waals surface area contributed by atoms with Gasteiger partial charge in [0.2, 0.25) is 0 Å². The third kappa shape index (κ3) is 2.81. The zero-order chi connectivity index (χ0) is 18.9. The van der Waals surface area contributed by atoms with E-state index in [1.54, 1.807) is 12.4 Å². The van der Waals surface area contributed by atoms with Crippen molar-refractivity contribution in [2.24, 2.45) is 0 Å². The number of rotatable bonds is 3. The lowest BCUT2D eigenvalue weighted by atomic mass is 9.93. The molecule has 1 aliphatic heterocycles. The van der Waals surface area contributed by atoms with E-state index < -0.39 is 0 Å². The van der Waals surface area contributed by atoms with Crippen molar-refractivity contribution in [2.45, 2.75) is 6.04 Å². The van der Waals surface area contributed by atoms with E-state index in [4.69, 9.17) is 4.98 Å².